The van der Waals surface area contributed by atoms with E-state index in [0.717, 1.165) is 27.4 Å². The molecule has 0 bridgehead atoms. The highest BCUT2D eigenvalue weighted by molar-refractivity contribution is 9.11. The topological polar surface area (TPSA) is 55.4 Å². The van der Waals surface area contributed by atoms with Gasteiger partial charge >= 0.3 is 5.97 Å². The molecule has 0 saturated carbocycles. The molecule has 1 atom stereocenters. The standard InChI is InChI=1S/C15H19Br2NO3/c1-4-5-10(3)15(20)21-8-13(19)18-14-11(16)6-9(2)7-12(14)17/h6-7,10H,4-5,8H2,1-3H3,(H,18,19)/t10-/m1/s1. The minimum absolute atomic E-state index is 0.180. The lowest BCUT2D eigenvalue weighted by Gasteiger charge is -2.12. The van der Waals surface area contributed by atoms with Gasteiger partial charge < -0.3 is 10.1 Å². The molecule has 0 fully saturated rings. The van der Waals surface area contributed by atoms with Gasteiger partial charge in [-0.2, -0.15) is 0 Å². The summed E-state index contributed by atoms with van der Waals surface area (Å²) in [5, 5.41) is 2.72. The molecule has 6 heteroatoms. The van der Waals surface area contributed by atoms with Gasteiger partial charge in [0, 0.05) is 8.95 Å². The van der Waals surface area contributed by atoms with Crippen molar-refractivity contribution in [1.82, 2.24) is 0 Å². The predicted molar refractivity (Wildman–Crippen MR) is 90.2 cm³/mol. The summed E-state index contributed by atoms with van der Waals surface area (Å²) in [6.07, 6.45) is 1.67. The molecule has 0 aliphatic carbocycles. The van der Waals surface area contributed by atoms with Crippen LogP contribution in [0.2, 0.25) is 0 Å². The number of ether oxygens (including phenoxy) is 1. The van der Waals surface area contributed by atoms with Crippen molar-refractivity contribution < 1.29 is 14.3 Å². The summed E-state index contributed by atoms with van der Waals surface area (Å²) >= 11 is 6.80. The van der Waals surface area contributed by atoms with Gasteiger partial charge in [0.05, 0.1) is 11.6 Å². The van der Waals surface area contributed by atoms with Gasteiger partial charge in [-0.05, 0) is 62.9 Å². The highest BCUT2D eigenvalue weighted by atomic mass is 79.9. The molecule has 0 spiro atoms. The zero-order valence-corrected chi connectivity index (χ0v) is 15.5. The molecule has 4 nitrogen and oxygen atoms in total. The van der Waals surface area contributed by atoms with Crippen LogP contribution in [0.3, 0.4) is 0 Å². The van der Waals surface area contributed by atoms with Crippen LogP contribution in [0.1, 0.15) is 32.3 Å². The molecule has 1 aromatic carbocycles. The van der Waals surface area contributed by atoms with Gasteiger partial charge in [-0.1, -0.05) is 20.3 Å². The number of amides is 1. The SMILES string of the molecule is CCC[C@@H](C)C(=O)OCC(=O)Nc1c(Br)cc(C)cc1Br. The fraction of sp³-hybridized carbons (Fsp3) is 0.467. The summed E-state index contributed by atoms with van der Waals surface area (Å²) in [7, 11) is 0. The zero-order chi connectivity index (χ0) is 16.0. The van der Waals surface area contributed by atoms with E-state index in [1.54, 1.807) is 6.92 Å². The number of halogens is 2. The number of esters is 1. The quantitative estimate of drug-likeness (QED) is 0.692. The average molecular weight is 421 g/mol. The van der Waals surface area contributed by atoms with Crippen LogP contribution in [0.25, 0.3) is 0 Å². The molecule has 0 aliphatic heterocycles. The fourth-order valence-electron chi connectivity index (χ4n) is 1.82. The van der Waals surface area contributed by atoms with Crippen molar-refractivity contribution in [2.24, 2.45) is 5.92 Å². The molecule has 0 aromatic heterocycles. The van der Waals surface area contributed by atoms with Crippen molar-refractivity contribution in [2.45, 2.75) is 33.6 Å². The molecule has 0 saturated heterocycles. The van der Waals surface area contributed by atoms with E-state index in [2.05, 4.69) is 37.2 Å². The Bertz CT molecular complexity index is 509. The lowest BCUT2D eigenvalue weighted by Crippen LogP contribution is -2.24. The summed E-state index contributed by atoms with van der Waals surface area (Å²) in [6, 6.07) is 3.80. The molecule has 21 heavy (non-hydrogen) atoms. The molecule has 1 N–H and O–H groups in total. The molecule has 0 unspecified atom stereocenters. The van der Waals surface area contributed by atoms with Crippen LogP contribution in [0.5, 0.6) is 0 Å². The molecule has 0 aliphatic rings. The number of hydrogen-bond acceptors (Lipinski definition) is 3. The number of benzene rings is 1. The third-order valence-electron chi connectivity index (χ3n) is 2.92. The highest BCUT2D eigenvalue weighted by Gasteiger charge is 2.16. The first kappa shape index (κ1) is 18.2. The number of carbonyl (C=O) groups is 2. The lowest BCUT2D eigenvalue weighted by atomic mass is 10.1. The Morgan fingerprint density at radius 2 is 1.86 bits per heavy atom. The van der Waals surface area contributed by atoms with Crippen LogP contribution in [-0.4, -0.2) is 18.5 Å². The lowest BCUT2D eigenvalue weighted by molar-refractivity contribution is -0.151. The van der Waals surface area contributed by atoms with Crippen molar-refractivity contribution in [3.05, 3.63) is 26.6 Å². The van der Waals surface area contributed by atoms with Gasteiger partial charge in [0.1, 0.15) is 0 Å². The van der Waals surface area contributed by atoms with E-state index in [9.17, 15) is 9.59 Å². The third-order valence-corrected chi connectivity index (χ3v) is 4.17. The van der Waals surface area contributed by atoms with Crippen molar-refractivity contribution in [3.8, 4) is 0 Å². The Kier molecular flexibility index (Phi) is 7.39. The Balaban J connectivity index is 2.57. The third kappa shape index (κ3) is 5.79. The molecular weight excluding hydrogens is 402 g/mol. The number of nitrogens with one attached hydrogen (secondary N) is 1. The first-order chi connectivity index (χ1) is 9.85. The first-order valence-corrected chi connectivity index (χ1v) is 8.35. The van der Waals surface area contributed by atoms with Crippen molar-refractivity contribution in [1.29, 1.82) is 0 Å². The maximum absolute atomic E-state index is 11.9. The second kappa shape index (κ2) is 8.54. The molecule has 1 aromatic rings. The molecular formula is C15H19Br2NO3. The summed E-state index contributed by atoms with van der Waals surface area (Å²) in [5.41, 5.74) is 1.69. The highest BCUT2D eigenvalue weighted by Crippen LogP contribution is 2.32. The van der Waals surface area contributed by atoms with Gasteiger partial charge in [0.2, 0.25) is 0 Å². The number of carbonyl (C=O) groups excluding carboxylic acids is 2. The minimum atomic E-state index is -0.364. The van der Waals surface area contributed by atoms with E-state index in [1.165, 1.54) is 0 Å². The normalized spacial score (nSPS) is 11.9. The second-order valence-electron chi connectivity index (χ2n) is 4.95. The van der Waals surface area contributed by atoms with Crippen LogP contribution in [0.4, 0.5) is 5.69 Å². The van der Waals surface area contributed by atoms with E-state index < -0.39 is 0 Å². The molecule has 1 rings (SSSR count). The Morgan fingerprint density at radius 1 is 1.29 bits per heavy atom. The van der Waals surface area contributed by atoms with Gasteiger partial charge in [0.15, 0.2) is 6.61 Å². The summed E-state index contributed by atoms with van der Waals surface area (Å²) in [6.45, 7) is 5.48. The van der Waals surface area contributed by atoms with Gasteiger partial charge in [-0.25, -0.2) is 0 Å². The van der Waals surface area contributed by atoms with Gasteiger partial charge in [-0.3, -0.25) is 9.59 Å². The largest absolute Gasteiger partial charge is 0.455 e. The summed E-state index contributed by atoms with van der Waals surface area (Å²) in [5.74, 6) is -0.882. The maximum atomic E-state index is 11.9. The zero-order valence-electron chi connectivity index (χ0n) is 12.3. The van der Waals surface area contributed by atoms with Crippen LogP contribution in [0.15, 0.2) is 21.1 Å². The van der Waals surface area contributed by atoms with Crippen LogP contribution in [0, 0.1) is 12.8 Å². The van der Waals surface area contributed by atoms with Crippen LogP contribution in [-0.2, 0) is 14.3 Å². The van der Waals surface area contributed by atoms with Gasteiger partial charge in [-0.15, -0.1) is 0 Å². The molecule has 0 heterocycles. The van der Waals surface area contributed by atoms with Gasteiger partial charge in [0.25, 0.3) is 5.91 Å². The van der Waals surface area contributed by atoms with Crippen molar-refractivity contribution in [3.63, 3.8) is 0 Å². The molecule has 1 amide bonds. The number of rotatable bonds is 6. The Hall–Kier alpha value is -0.880. The summed E-state index contributed by atoms with van der Waals surface area (Å²) in [4.78, 5) is 23.5. The van der Waals surface area contributed by atoms with E-state index in [4.69, 9.17) is 4.74 Å². The smallest absolute Gasteiger partial charge is 0.309 e. The van der Waals surface area contributed by atoms with E-state index in [1.807, 2.05) is 26.0 Å². The second-order valence-corrected chi connectivity index (χ2v) is 6.66. The summed E-state index contributed by atoms with van der Waals surface area (Å²) < 4.78 is 6.56. The van der Waals surface area contributed by atoms with Crippen molar-refractivity contribution >= 4 is 49.4 Å². The maximum Gasteiger partial charge on any atom is 0.309 e. The predicted octanol–water partition coefficient (Wildman–Crippen LogP) is 4.44. The Labute approximate surface area is 141 Å². The number of anilines is 1. The molecule has 116 valence electrons. The van der Waals surface area contributed by atoms with Crippen LogP contribution < -0.4 is 5.32 Å². The van der Waals surface area contributed by atoms with E-state index in [0.29, 0.717) is 5.69 Å². The van der Waals surface area contributed by atoms with Crippen LogP contribution >= 0.6 is 31.9 Å². The molecule has 0 radical (unpaired) electrons. The first-order valence-electron chi connectivity index (χ1n) is 6.77. The minimum Gasteiger partial charge on any atom is -0.455 e. The van der Waals surface area contributed by atoms with E-state index >= 15 is 0 Å². The number of hydrogen-bond donors (Lipinski definition) is 1. The Morgan fingerprint density at radius 3 is 2.38 bits per heavy atom. The monoisotopic (exact) mass is 419 g/mol. The van der Waals surface area contributed by atoms with Crippen molar-refractivity contribution in [2.75, 3.05) is 11.9 Å². The average Bonchev–Trinajstić information content (AvgIpc) is 2.40. The van der Waals surface area contributed by atoms with E-state index in [-0.39, 0.29) is 24.4 Å². The number of aryl methyl sites for hydroxylation is 1. The fourth-order valence-corrected chi connectivity index (χ4v) is 3.44.